The fraction of sp³-hybridized carbons (Fsp3) is 0.615. The highest BCUT2D eigenvalue weighted by atomic mass is 79.9. The van der Waals surface area contributed by atoms with E-state index in [0.717, 1.165) is 29.3 Å². The van der Waals surface area contributed by atoms with Crippen molar-refractivity contribution < 1.29 is 0 Å². The van der Waals surface area contributed by atoms with Crippen molar-refractivity contribution in [1.29, 1.82) is 0 Å². The zero-order chi connectivity index (χ0) is 12.8. The van der Waals surface area contributed by atoms with Gasteiger partial charge in [-0.1, -0.05) is 13.8 Å². The largest absolute Gasteiger partial charge is 0.359 e. The molecule has 96 valence electrons. The predicted molar refractivity (Wildman–Crippen MR) is 77.4 cm³/mol. The Morgan fingerprint density at radius 3 is 2.76 bits per heavy atom. The lowest BCUT2D eigenvalue weighted by atomic mass is 10.1. The van der Waals surface area contributed by atoms with E-state index in [2.05, 4.69) is 58.1 Å². The third kappa shape index (κ3) is 4.64. The summed E-state index contributed by atoms with van der Waals surface area (Å²) in [7, 11) is 4.07. The number of pyridine rings is 1. The smallest absolute Gasteiger partial charge is 0.132 e. The fourth-order valence-corrected chi connectivity index (χ4v) is 2.07. The van der Waals surface area contributed by atoms with Crippen LogP contribution in [0.25, 0.3) is 0 Å². The second-order valence-electron chi connectivity index (χ2n) is 4.77. The maximum absolute atomic E-state index is 4.51. The van der Waals surface area contributed by atoms with Gasteiger partial charge in [-0.05, 0) is 41.4 Å². The summed E-state index contributed by atoms with van der Waals surface area (Å²) >= 11 is 3.47. The summed E-state index contributed by atoms with van der Waals surface area (Å²) in [6.45, 7) is 6.38. The monoisotopic (exact) mass is 299 g/mol. The van der Waals surface area contributed by atoms with Crippen LogP contribution in [0.3, 0.4) is 0 Å². The molecule has 0 aromatic carbocycles. The molecule has 0 atom stereocenters. The molecule has 1 rings (SSSR count). The summed E-state index contributed by atoms with van der Waals surface area (Å²) in [5.74, 6) is 1.80. The molecule has 0 aliphatic carbocycles. The Morgan fingerprint density at radius 1 is 1.47 bits per heavy atom. The summed E-state index contributed by atoms with van der Waals surface area (Å²) in [6.07, 6.45) is 3.05. The van der Waals surface area contributed by atoms with Gasteiger partial charge in [-0.25, -0.2) is 4.98 Å². The van der Waals surface area contributed by atoms with E-state index in [1.54, 1.807) is 0 Å². The number of hydrogen-bond acceptors (Lipinski definition) is 3. The number of halogens is 1. The highest BCUT2D eigenvalue weighted by Crippen LogP contribution is 2.21. The van der Waals surface area contributed by atoms with Crippen molar-refractivity contribution in [3.8, 4) is 0 Å². The average molecular weight is 300 g/mol. The first-order valence-corrected chi connectivity index (χ1v) is 6.84. The number of nitrogens with zero attached hydrogens (tertiary/aromatic N) is 2. The first kappa shape index (κ1) is 14.5. The number of anilines is 1. The minimum absolute atomic E-state index is 0.723. The number of aromatic nitrogens is 1. The van der Waals surface area contributed by atoms with E-state index in [0.29, 0.717) is 0 Å². The van der Waals surface area contributed by atoms with Crippen LogP contribution in [0.4, 0.5) is 5.82 Å². The van der Waals surface area contributed by atoms with Gasteiger partial charge in [0.2, 0.25) is 0 Å². The maximum Gasteiger partial charge on any atom is 0.132 e. The Morgan fingerprint density at radius 2 is 2.18 bits per heavy atom. The van der Waals surface area contributed by atoms with Crippen LogP contribution in [0.1, 0.15) is 25.8 Å². The Labute approximate surface area is 113 Å². The van der Waals surface area contributed by atoms with Gasteiger partial charge in [0, 0.05) is 36.4 Å². The summed E-state index contributed by atoms with van der Waals surface area (Å²) < 4.78 is 1.03. The quantitative estimate of drug-likeness (QED) is 0.875. The molecule has 1 aromatic rings. The van der Waals surface area contributed by atoms with E-state index in [9.17, 15) is 0 Å². The minimum atomic E-state index is 0.723. The van der Waals surface area contributed by atoms with E-state index in [1.807, 2.05) is 13.2 Å². The van der Waals surface area contributed by atoms with Gasteiger partial charge in [-0.15, -0.1) is 0 Å². The van der Waals surface area contributed by atoms with Gasteiger partial charge in [0.1, 0.15) is 5.82 Å². The maximum atomic E-state index is 4.51. The predicted octanol–water partition coefficient (Wildman–Crippen LogP) is 3.05. The SMILES string of the molecule is CNCc1cc(Br)cnc1N(C)CCC(C)C. The van der Waals surface area contributed by atoms with Crippen molar-refractivity contribution in [3.63, 3.8) is 0 Å². The van der Waals surface area contributed by atoms with Crippen LogP contribution in [0.2, 0.25) is 0 Å². The highest BCUT2D eigenvalue weighted by molar-refractivity contribution is 9.10. The molecule has 0 amide bonds. The van der Waals surface area contributed by atoms with E-state index >= 15 is 0 Å². The molecule has 0 bridgehead atoms. The Hall–Kier alpha value is -0.610. The Kier molecular flexibility index (Phi) is 5.92. The lowest BCUT2D eigenvalue weighted by Gasteiger charge is -2.22. The van der Waals surface area contributed by atoms with Gasteiger partial charge in [-0.3, -0.25) is 0 Å². The van der Waals surface area contributed by atoms with Crippen LogP contribution < -0.4 is 10.2 Å². The van der Waals surface area contributed by atoms with E-state index < -0.39 is 0 Å². The van der Waals surface area contributed by atoms with E-state index in [4.69, 9.17) is 0 Å². The molecule has 0 unspecified atom stereocenters. The molecule has 4 heteroatoms. The minimum Gasteiger partial charge on any atom is -0.359 e. The van der Waals surface area contributed by atoms with Crippen LogP contribution in [-0.4, -0.2) is 25.6 Å². The van der Waals surface area contributed by atoms with Gasteiger partial charge >= 0.3 is 0 Å². The number of hydrogen-bond donors (Lipinski definition) is 1. The molecule has 1 aromatic heterocycles. The second kappa shape index (κ2) is 6.97. The van der Waals surface area contributed by atoms with Gasteiger partial charge in [0.15, 0.2) is 0 Å². The van der Waals surface area contributed by atoms with Gasteiger partial charge in [0.25, 0.3) is 0 Å². The summed E-state index contributed by atoms with van der Waals surface area (Å²) in [5, 5.41) is 3.18. The normalized spacial score (nSPS) is 10.9. The molecule has 17 heavy (non-hydrogen) atoms. The average Bonchev–Trinajstić information content (AvgIpc) is 2.26. The summed E-state index contributed by atoms with van der Waals surface area (Å²) in [6, 6.07) is 2.13. The molecular weight excluding hydrogens is 278 g/mol. The lowest BCUT2D eigenvalue weighted by molar-refractivity contribution is 0.582. The topological polar surface area (TPSA) is 28.2 Å². The van der Waals surface area contributed by atoms with Crippen LogP contribution in [0, 0.1) is 5.92 Å². The zero-order valence-corrected chi connectivity index (χ0v) is 12.7. The molecular formula is C13H22BrN3. The Balaban J connectivity index is 2.80. The third-order valence-corrected chi connectivity index (χ3v) is 3.11. The summed E-state index contributed by atoms with van der Waals surface area (Å²) in [5.41, 5.74) is 1.23. The lowest BCUT2D eigenvalue weighted by Crippen LogP contribution is -2.23. The van der Waals surface area contributed by atoms with Crippen molar-refractivity contribution in [3.05, 3.63) is 22.3 Å². The van der Waals surface area contributed by atoms with Crippen LogP contribution in [0.15, 0.2) is 16.7 Å². The van der Waals surface area contributed by atoms with Gasteiger partial charge in [0.05, 0.1) is 0 Å². The molecule has 3 nitrogen and oxygen atoms in total. The zero-order valence-electron chi connectivity index (χ0n) is 11.1. The summed E-state index contributed by atoms with van der Waals surface area (Å²) in [4.78, 5) is 6.75. The van der Waals surface area contributed by atoms with Crippen LogP contribution in [0.5, 0.6) is 0 Å². The van der Waals surface area contributed by atoms with E-state index in [-0.39, 0.29) is 0 Å². The van der Waals surface area contributed by atoms with Gasteiger partial charge in [-0.2, -0.15) is 0 Å². The van der Waals surface area contributed by atoms with Crippen LogP contribution in [-0.2, 0) is 6.54 Å². The molecule has 0 fully saturated rings. The Bertz CT molecular complexity index is 353. The number of rotatable bonds is 6. The molecule has 0 aliphatic heterocycles. The molecule has 1 N–H and O–H groups in total. The second-order valence-corrected chi connectivity index (χ2v) is 5.69. The first-order chi connectivity index (χ1) is 8.04. The van der Waals surface area contributed by atoms with Crippen molar-refractivity contribution in [2.45, 2.75) is 26.8 Å². The third-order valence-electron chi connectivity index (χ3n) is 2.68. The van der Waals surface area contributed by atoms with Crippen molar-refractivity contribution in [2.75, 3.05) is 25.5 Å². The van der Waals surface area contributed by atoms with Crippen molar-refractivity contribution in [1.82, 2.24) is 10.3 Å². The van der Waals surface area contributed by atoms with Gasteiger partial charge < -0.3 is 10.2 Å². The number of nitrogens with one attached hydrogen (secondary N) is 1. The molecule has 0 saturated heterocycles. The standard InChI is InChI=1S/C13H22BrN3/c1-10(2)5-6-17(4)13-11(8-15-3)7-12(14)9-16-13/h7,9-10,15H,5-6,8H2,1-4H3. The molecule has 0 aliphatic rings. The highest BCUT2D eigenvalue weighted by Gasteiger charge is 2.09. The van der Waals surface area contributed by atoms with Crippen LogP contribution >= 0.6 is 15.9 Å². The van der Waals surface area contributed by atoms with Crippen molar-refractivity contribution >= 4 is 21.7 Å². The van der Waals surface area contributed by atoms with E-state index in [1.165, 1.54) is 12.0 Å². The fourth-order valence-electron chi connectivity index (χ4n) is 1.70. The molecule has 0 radical (unpaired) electrons. The molecule has 0 saturated carbocycles. The first-order valence-electron chi connectivity index (χ1n) is 6.04. The molecule has 0 spiro atoms. The molecule has 1 heterocycles. The van der Waals surface area contributed by atoms with Crippen molar-refractivity contribution in [2.24, 2.45) is 5.92 Å².